The van der Waals surface area contributed by atoms with Crippen molar-refractivity contribution in [2.45, 2.75) is 38.0 Å². The van der Waals surface area contributed by atoms with Gasteiger partial charge in [-0.15, -0.1) is 0 Å². The molecule has 0 spiro atoms. The maximum atomic E-state index is 2.80. The Morgan fingerprint density at radius 1 is 0.404 bits per heavy atom. The minimum atomic E-state index is 0.118. The van der Waals surface area contributed by atoms with Crippen LogP contribution in [0.5, 0.6) is 0 Å². The molecule has 0 amide bonds. The van der Waals surface area contributed by atoms with Gasteiger partial charge in [-0.05, 0) is 74.4 Å². The molecule has 0 saturated heterocycles. The standard InChI is InChI=1S/C52H33B2N3/c1-2-13-28(14-3-1)42-50-44-52-45-51(42)56-41-26-9-7-18-35(41)43-30-16-5-4-15-29(30)27-39(49(43)56)54(45)38-24-12-21-34-33-20-11-23-37(47(33)57(52)48(34)38)53(44)36-22-10-19-32-31-17-6-8-25-40(31)55(50)46(32)36/h4-12,15-28H,1-3,13-14H2. The topological polar surface area (TPSA) is 14.8 Å². The van der Waals surface area contributed by atoms with Crippen LogP contribution in [0.3, 0.4) is 0 Å². The van der Waals surface area contributed by atoms with Crippen LogP contribution in [0.4, 0.5) is 0 Å². The second-order valence-corrected chi connectivity index (χ2v) is 17.7. The number of hydrogen-bond donors (Lipinski definition) is 0. The number of hydrogen-bond acceptors (Lipinski definition) is 0. The second-order valence-electron chi connectivity index (χ2n) is 17.7. The lowest BCUT2D eigenvalue weighted by atomic mass is 9.29. The zero-order chi connectivity index (χ0) is 36.4. The highest BCUT2D eigenvalue weighted by atomic mass is 15.1. The first-order valence-electron chi connectivity index (χ1n) is 21.1. The van der Waals surface area contributed by atoms with Crippen LogP contribution < -0.4 is 32.8 Å². The lowest BCUT2D eigenvalue weighted by Crippen LogP contribution is -2.67. The number of para-hydroxylation sites is 5. The van der Waals surface area contributed by atoms with E-state index in [1.807, 2.05) is 0 Å². The zero-order valence-corrected chi connectivity index (χ0v) is 31.3. The molecule has 262 valence electrons. The third kappa shape index (κ3) is 3.02. The number of aromatic nitrogens is 3. The Morgan fingerprint density at radius 3 is 1.60 bits per heavy atom. The number of rotatable bonds is 1. The fourth-order valence-corrected chi connectivity index (χ4v) is 13.5. The molecule has 1 aliphatic carbocycles. The van der Waals surface area contributed by atoms with Gasteiger partial charge in [0.25, 0.3) is 13.4 Å². The van der Waals surface area contributed by atoms with E-state index < -0.39 is 0 Å². The molecule has 5 aliphatic rings. The van der Waals surface area contributed by atoms with Crippen molar-refractivity contribution in [1.29, 1.82) is 0 Å². The summed E-state index contributed by atoms with van der Waals surface area (Å²) >= 11 is 0. The van der Waals surface area contributed by atoms with Crippen molar-refractivity contribution in [2.75, 3.05) is 0 Å². The van der Waals surface area contributed by atoms with Crippen molar-refractivity contribution < 1.29 is 0 Å². The summed E-state index contributed by atoms with van der Waals surface area (Å²) < 4.78 is 8.34. The van der Waals surface area contributed by atoms with E-state index in [2.05, 4.69) is 147 Å². The predicted octanol–water partition coefficient (Wildman–Crippen LogP) is 8.46. The van der Waals surface area contributed by atoms with Crippen LogP contribution >= 0.6 is 0 Å². The quantitative estimate of drug-likeness (QED) is 0.151. The van der Waals surface area contributed by atoms with Gasteiger partial charge in [-0.2, -0.15) is 0 Å². The molecule has 0 radical (unpaired) electrons. The van der Waals surface area contributed by atoms with E-state index in [0.29, 0.717) is 5.92 Å². The molecule has 3 nitrogen and oxygen atoms in total. The van der Waals surface area contributed by atoms with E-state index in [1.54, 1.807) is 5.56 Å². The molecule has 0 atom stereocenters. The second kappa shape index (κ2) is 9.56. The lowest BCUT2D eigenvalue weighted by Gasteiger charge is -2.44. The summed E-state index contributed by atoms with van der Waals surface area (Å²) in [6.45, 7) is 0.262. The summed E-state index contributed by atoms with van der Waals surface area (Å²) in [7, 11) is 0. The summed E-state index contributed by atoms with van der Waals surface area (Å²) in [6.07, 6.45) is 6.37. The fourth-order valence-electron chi connectivity index (χ4n) is 13.5. The van der Waals surface area contributed by atoms with Gasteiger partial charge in [0.05, 0.1) is 16.6 Å². The minimum Gasteiger partial charge on any atom is -0.311 e. The summed E-state index contributed by atoms with van der Waals surface area (Å²) in [5.74, 6) is 0.463. The number of benzene rings is 8. The highest BCUT2D eigenvalue weighted by Gasteiger charge is 2.51. The molecular weight excluding hydrogens is 688 g/mol. The molecule has 5 heteroatoms. The van der Waals surface area contributed by atoms with Crippen LogP contribution in [0.15, 0.2) is 133 Å². The first kappa shape index (κ1) is 28.9. The van der Waals surface area contributed by atoms with Gasteiger partial charge in [0.1, 0.15) is 0 Å². The van der Waals surface area contributed by atoms with Gasteiger partial charge in [0.15, 0.2) is 0 Å². The van der Waals surface area contributed by atoms with Crippen molar-refractivity contribution in [3.8, 4) is 17.1 Å². The number of nitrogens with zero attached hydrogens (tertiary/aromatic N) is 3. The molecule has 11 aromatic rings. The molecule has 0 bridgehead atoms. The largest absolute Gasteiger partial charge is 0.311 e. The Hall–Kier alpha value is -6.45. The van der Waals surface area contributed by atoms with E-state index in [0.717, 1.165) is 0 Å². The predicted molar refractivity (Wildman–Crippen MR) is 242 cm³/mol. The number of fused-ring (bicyclic) bond motifs is 15. The highest BCUT2D eigenvalue weighted by Crippen LogP contribution is 2.49. The molecule has 1 saturated carbocycles. The van der Waals surface area contributed by atoms with Gasteiger partial charge in [0, 0.05) is 71.5 Å². The van der Waals surface area contributed by atoms with Crippen LogP contribution in [-0.2, 0) is 0 Å². The van der Waals surface area contributed by atoms with Crippen molar-refractivity contribution in [2.24, 2.45) is 0 Å². The SMILES string of the molecule is c1ccc2c(c1)cc1c3c2c2ccccc2n3-c2c3c4c5c(c2C2CCCCC2)-n2c6ccccc6c6cccc(c62)B5c2cccc5c6cccc(c6n-4c25)B31. The van der Waals surface area contributed by atoms with Crippen molar-refractivity contribution in [1.82, 2.24) is 13.7 Å². The molecule has 8 aromatic carbocycles. The van der Waals surface area contributed by atoms with Gasteiger partial charge in [-0.3, -0.25) is 0 Å². The summed E-state index contributed by atoms with van der Waals surface area (Å²) in [4.78, 5) is 0. The Kier molecular flexibility index (Phi) is 4.84. The Labute approximate surface area is 328 Å². The molecule has 0 N–H and O–H groups in total. The lowest BCUT2D eigenvalue weighted by molar-refractivity contribution is 0.443. The summed E-state index contributed by atoms with van der Waals surface area (Å²) in [5, 5.41) is 10.9. The first-order valence-corrected chi connectivity index (χ1v) is 21.1. The van der Waals surface area contributed by atoms with E-state index >= 15 is 0 Å². The van der Waals surface area contributed by atoms with Crippen molar-refractivity contribution in [3.63, 3.8) is 0 Å². The van der Waals surface area contributed by atoms with Gasteiger partial charge < -0.3 is 13.7 Å². The van der Waals surface area contributed by atoms with Crippen LogP contribution in [0.2, 0.25) is 0 Å². The van der Waals surface area contributed by atoms with E-state index in [9.17, 15) is 0 Å². The molecule has 7 heterocycles. The van der Waals surface area contributed by atoms with Gasteiger partial charge in [-0.25, -0.2) is 0 Å². The minimum absolute atomic E-state index is 0.118. The summed E-state index contributed by atoms with van der Waals surface area (Å²) in [6, 6.07) is 52.0. The Balaban J connectivity index is 1.26. The van der Waals surface area contributed by atoms with Crippen LogP contribution in [0.1, 0.15) is 43.6 Å². The Bertz CT molecular complexity index is 3760. The van der Waals surface area contributed by atoms with Crippen molar-refractivity contribution >= 4 is 122 Å². The molecule has 3 aromatic heterocycles. The fraction of sp³-hybridized carbons (Fsp3) is 0.115. The molecule has 1 fully saturated rings. The van der Waals surface area contributed by atoms with E-state index in [1.165, 1.54) is 158 Å². The van der Waals surface area contributed by atoms with Gasteiger partial charge in [-0.1, -0.05) is 141 Å². The average molecular weight is 721 g/mol. The zero-order valence-electron chi connectivity index (χ0n) is 31.3. The first-order chi connectivity index (χ1) is 28.4. The maximum absolute atomic E-state index is 2.80. The summed E-state index contributed by atoms with van der Waals surface area (Å²) in [5.41, 5.74) is 23.2. The van der Waals surface area contributed by atoms with E-state index in [-0.39, 0.29) is 13.4 Å². The Morgan fingerprint density at radius 2 is 0.912 bits per heavy atom. The third-order valence-corrected chi connectivity index (χ3v) is 15.3. The molecule has 4 aliphatic heterocycles. The maximum Gasteiger partial charge on any atom is 0.252 e. The third-order valence-electron chi connectivity index (χ3n) is 15.3. The molecule has 0 unspecified atom stereocenters. The average Bonchev–Trinajstić information content (AvgIpc) is 3.92. The smallest absolute Gasteiger partial charge is 0.252 e. The highest BCUT2D eigenvalue weighted by molar-refractivity contribution is 7.04. The van der Waals surface area contributed by atoms with Crippen LogP contribution in [0, 0.1) is 0 Å². The van der Waals surface area contributed by atoms with Crippen LogP contribution in [0.25, 0.3) is 93.3 Å². The molecular formula is C52H33B2N3. The van der Waals surface area contributed by atoms with E-state index in [4.69, 9.17) is 0 Å². The normalized spacial score (nSPS) is 15.9. The molecule has 16 rings (SSSR count). The monoisotopic (exact) mass is 721 g/mol. The van der Waals surface area contributed by atoms with Crippen LogP contribution in [-0.4, -0.2) is 27.1 Å². The van der Waals surface area contributed by atoms with Crippen molar-refractivity contribution in [3.05, 3.63) is 139 Å². The van der Waals surface area contributed by atoms with Gasteiger partial charge in [0.2, 0.25) is 0 Å². The molecule has 57 heavy (non-hydrogen) atoms. The van der Waals surface area contributed by atoms with Gasteiger partial charge >= 0.3 is 0 Å².